The first kappa shape index (κ1) is 13.9. The lowest BCUT2D eigenvalue weighted by Crippen LogP contribution is -2.20. The molecule has 0 aliphatic rings. The summed E-state index contributed by atoms with van der Waals surface area (Å²) in [6, 6.07) is 2.58. The predicted octanol–water partition coefficient (Wildman–Crippen LogP) is 3.80. The predicted molar refractivity (Wildman–Crippen MR) is 69.7 cm³/mol. The van der Waals surface area contributed by atoms with Crippen molar-refractivity contribution < 1.29 is 8.78 Å². The lowest BCUT2D eigenvalue weighted by molar-refractivity contribution is 0.513. The van der Waals surface area contributed by atoms with Crippen LogP contribution >= 0.6 is 11.6 Å². The molecule has 2 rings (SSSR count). The fourth-order valence-electron chi connectivity index (χ4n) is 1.80. The van der Waals surface area contributed by atoms with Crippen LogP contribution in [0.15, 0.2) is 12.1 Å². The molecule has 3 nitrogen and oxygen atoms in total. The molecule has 1 aromatic carbocycles. The molecule has 0 unspecified atom stereocenters. The van der Waals surface area contributed by atoms with Crippen LogP contribution in [-0.4, -0.2) is 14.8 Å². The van der Waals surface area contributed by atoms with Crippen molar-refractivity contribution in [1.82, 2.24) is 14.8 Å². The molecule has 0 aliphatic carbocycles. The quantitative estimate of drug-likeness (QED) is 0.798. The normalized spacial score (nSPS) is 11.9. The Labute approximate surface area is 115 Å². The van der Waals surface area contributed by atoms with Gasteiger partial charge < -0.3 is 0 Å². The summed E-state index contributed by atoms with van der Waals surface area (Å²) in [7, 11) is 0. The molecule has 6 heteroatoms. The molecular weight excluding hydrogens is 272 g/mol. The third-order valence-corrected chi connectivity index (χ3v) is 3.02. The highest BCUT2D eigenvalue weighted by atomic mass is 35.5. The summed E-state index contributed by atoms with van der Waals surface area (Å²) in [6.07, 6.45) is 0. The van der Waals surface area contributed by atoms with Crippen molar-refractivity contribution in [2.75, 3.05) is 0 Å². The summed E-state index contributed by atoms with van der Waals surface area (Å²) < 4.78 is 29.4. The zero-order valence-corrected chi connectivity index (χ0v) is 11.9. The van der Waals surface area contributed by atoms with Crippen molar-refractivity contribution in [3.8, 4) is 5.69 Å². The van der Waals surface area contributed by atoms with Gasteiger partial charge in [-0.05, 0) is 30.2 Å². The topological polar surface area (TPSA) is 30.7 Å². The number of aromatic nitrogens is 3. The second-order valence-electron chi connectivity index (χ2n) is 5.40. The van der Waals surface area contributed by atoms with Gasteiger partial charge in [0.1, 0.15) is 17.3 Å². The number of benzene rings is 1. The van der Waals surface area contributed by atoms with E-state index in [0.29, 0.717) is 11.4 Å². The maximum atomic E-state index is 14.2. The van der Waals surface area contributed by atoms with Crippen molar-refractivity contribution >= 4 is 11.6 Å². The number of hydrogen-bond acceptors (Lipinski definition) is 2. The lowest BCUT2D eigenvalue weighted by Gasteiger charge is -2.20. The maximum absolute atomic E-state index is 14.2. The fraction of sp³-hybridized carbons (Fsp3) is 0.385. The monoisotopic (exact) mass is 285 g/mol. The minimum absolute atomic E-state index is 0.0617. The van der Waals surface area contributed by atoms with Gasteiger partial charge in [-0.3, -0.25) is 4.57 Å². The Morgan fingerprint density at radius 3 is 2.37 bits per heavy atom. The van der Waals surface area contributed by atoms with Crippen LogP contribution in [0.1, 0.15) is 32.2 Å². The average Bonchev–Trinajstić information content (AvgIpc) is 2.67. The smallest absolute Gasteiger partial charge is 0.229 e. The summed E-state index contributed by atoms with van der Waals surface area (Å²) >= 11 is 5.94. The van der Waals surface area contributed by atoms with E-state index in [2.05, 4.69) is 10.2 Å². The first-order valence-corrected chi connectivity index (χ1v) is 6.17. The van der Waals surface area contributed by atoms with E-state index < -0.39 is 17.0 Å². The Morgan fingerprint density at radius 1 is 1.16 bits per heavy atom. The van der Waals surface area contributed by atoms with Crippen molar-refractivity contribution in [2.45, 2.75) is 33.1 Å². The fourth-order valence-corrected chi connectivity index (χ4v) is 2.00. The first-order valence-electron chi connectivity index (χ1n) is 5.80. The Kier molecular flexibility index (Phi) is 3.34. The second-order valence-corrected chi connectivity index (χ2v) is 5.74. The third-order valence-electron chi connectivity index (χ3n) is 2.78. The van der Waals surface area contributed by atoms with Crippen LogP contribution in [0, 0.1) is 18.6 Å². The summed E-state index contributed by atoms with van der Waals surface area (Å²) in [6.45, 7) is 7.17. The molecule has 19 heavy (non-hydrogen) atoms. The molecule has 2 aromatic rings. The minimum Gasteiger partial charge on any atom is -0.263 e. The standard InChI is InChI=1S/C13H14ClF2N3/c1-7-5-6-8(15)10(9(7)16)19-11(13(2,3)4)17-18-12(19)14/h5-6H,1-4H3. The van der Waals surface area contributed by atoms with Gasteiger partial charge in [-0.1, -0.05) is 26.8 Å². The Balaban J connectivity index is 2.80. The summed E-state index contributed by atoms with van der Waals surface area (Å²) in [4.78, 5) is 0. The van der Waals surface area contributed by atoms with Gasteiger partial charge in [-0.15, -0.1) is 10.2 Å². The van der Waals surface area contributed by atoms with Crippen LogP contribution in [0.2, 0.25) is 5.28 Å². The van der Waals surface area contributed by atoms with Gasteiger partial charge in [0.15, 0.2) is 5.82 Å². The van der Waals surface area contributed by atoms with E-state index >= 15 is 0 Å². The second kappa shape index (κ2) is 4.56. The van der Waals surface area contributed by atoms with Crippen LogP contribution in [0.3, 0.4) is 0 Å². The highest BCUT2D eigenvalue weighted by Crippen LogP contribution is 2.30. The first-order chi connectivity index (χ1) is 8.73. The van der Waals surface area contributed by atoms with Crippen LogP contribution in [0.5, 0.6) is 0 Å². The van der Waals surface area contributed by atoms with E-state index in [1.54, 1.807) is 6.92 Å². The zero-order chi connectivity index (χ0) is 14.4. The SMILES string of the molecule is Cc1ccc(F)c(-n2c(Cl)nnc2C(C)(C)C)c1F. The van der Waals surface area contributed by atoms with Gasteiger partial charge in [0.05, 0.1) is 0 Å². The molecule has 0 bridgehead atoms. The summed E-state index contributed by atoms with van der Waals surface area (Å²) in [5, 5.41) is 7.58. The molecule has 1 heterocycles. The van der Waals surface area contributed by atoms with E-state index in [9.17, 15) is 8.78 Å². The Morgan fingerprint density at radius 2 is 1.79 bits per heavy atom. The molecule has 102 valence electrons. The number of nitrogens with zero attached hydrogens (tertiary/aromatic N) is 3. The van der Waals surface area contributed by atoms with E-state index in [4.69, 9.17) is 11.6 Å². The van der Waals surface area contributed by atoms with Crippen molar-refractivity contribution in [3.05, 3.63) is 40.4 Å². The van der Waals surface area contributed by atoms with Gasteiger partial charge in [0, 0.05) is 5.41 Å². The third kappa shape index (κ3) is 2.34. The summed E-state index contributed by atoms with van der Waals surface area (Å²) in [5.74, 6) is -0.955. The Hall–Kier alpha value is -1.49. The van der Waals surface area contributed by atoms with Gasteiger partial charge in [-0.2, -0.15) is 0 Å². The molecule has 0 amide bonds. The van der Waals surface area contributed by atoms with Crippen LogP contribution < -0.4 is 0 Å². The molecule has 0 saturated heterocycles. The maximum Gasteiger partial charge on any atom is 0.229 e. The number of halogens is 3. The highest BCUT2D eigenvalue weighted by Gasteiger charge is 2.27. The molecule has 0 N–H and O–H groups in total. The van der Waals surface area contributed by atoms with E-state index in [1.165, 1.54) is 16.7 Å². The van der Waals surface area contributed by atoms with Crippen LogP contribution in [-0.2, 0) is 5.41 Å². The van der Waals surface area contributed by atoms with E-state index in [1.807, 2.05) is 20.8 Å². The van der Waals surface area contributed by atoms with Crippen molar-refractivity contribution in [1.29, 1.82) is 0 Å². The van der Waals surface area contributed by atoms with Crippen LogP contribution in [0.4, 0.5) is 8.78 Å². The van der Waals surface area contributed by atoms with Crippen LogP contribution in [0.25, 0.3) is 5.69 Å². The lowest BCUT2D eigenvalue weighted by atomic mass is 9.95. The zero-order valence-electron chi connectivity index (χ0n) is 11.1. The molecule has 0 saturated carbocycles. The van der Waals surface area contributed by atoms with E-state index in [-0.39, 0.29) is 11.0 Å². The number of rotatable bonds is 1. The summed E-state index contributed by atoms with van der Waals surface area (Å²) in [5.41, 5.74) is -0.344. The largest absolute Gasteiger partial charge is 0.263 e. The molecule has 0 radical (unpaired) electrons. The van der Waals surface area contributed by atoms with Gasteiger partial charge in [0.25, 0.3) is 0 Å². The number of hydrogen-bond donors (Lipinski definition) is 0. The van der Waals surface area contributed by atoms with Gasteiger partial charge in [-0.25, -0.2) is 8.78 Å². The Bertz CT molecular complexity index is 630. The van der Waals surface area contributed by atoms with E-state index in [0.717, 1.165) is 0 Å². The van der Waals surface area contributed by atoms with Gasteiger partial charge >= 0.3 is 0 Å². The minimum atomic E-state index is -0.699. The van der Waals surface area contributed by atoms with Gasteiger partial charge in [0.2, 0.25) is 5.28 Å². The van der Waals surface area contributed by atoms with Crippen molar-refractivity contribution in [2.24, 2.45) is 0 Å². The molecule has 1 aromatic heterocycles. The molecule has 0 aliphatic heterocycles. The van der Waals surface area contributed by atoms with Crippen molar-refractivity contribution in [3.63, 3.8) is 0 Å². The number of aryl methyl sites for hydroxylation is 1. The molecule has 0 spiro atoms. The average molecular weight is 286 g/mol. The molecule has 0 atom stereocenters. The molecule has 0 fully saturated rings. The molecular formula is C13H14ClF2N3. The highest BCUT2D eigenvalue weighted by molar-refractivity contribution is 6.28.